The van der Waals surface area contributed by atoms with Crippen LogP contribution < -0.4 is 11.5 Å². The van der Waals surface area contributed by atoms with Crippen LogP contribution >= 0.6 is 0 Å². The van der Waals surface area contributed by atoms with E-state index in [1.165, 1.54) is 16.7 Å². The fourth-order valence-electron chi connectivity index (χ4n) is 2.41. The zero-order valence-electron chi connectivity index (χ0n) is 10.3. The Morgan fingerprint density at radius 3 is 2.76 bits per heavy atom. The molecule has 4 nitrogen and oxygen atoms in total. The molecule has 1 aromatic rings. The molecule has 0 saturated carbocycles. The summed E-state index contributed by atoms with van der Waals surface area (Å²) in [7, 11) is 1.82. The van der Waals surface area contributed by atoms with Gasteiger partial charge in [0.1, 0.15) is 0 Å². The zero-order valence-corrected chi connectivity index (χ0v) is 10.3. The Balaban J connectivity index is 2.46. The standard InChI is InChI=1S/C13H18N4/c1-8(16-2)9-4-3-5-11-10(9)6-7-12(11)17-13(14)15/h3-5,12H,6-7H2,1-2H3,(H4,14,15,17). The Labute approximate surface area is 101 Å². The lowest BCUT2D eigenvalue weighted by Crippen LogP contribution is -2.23. The number of fused-ring (bicyclic) bond motifs is 1. The molecular formula is C13H18N4. The minimum Gasteiger partial charge on any atom is -0.370 e. The third-order valence-electron chi connectivity index (χ3n) is 3.27. The smallest absolute Gasteiger partial charge is 0.186 e. The number of nitrogens with two attached hydrogens (primary N) is 2. The molecule has 0 spiro atoms. The monoisotopic (exact) mass is 230 g/mol. The van der Waals surface area contributed by atoms with Gasteiger partial charge >= 0.3 is 0 Å². The van der Waals surface area contributed by atoms with E-state index < -0.39 is 0 Å². The SMILES string of the molecule is CN=C(C)c1cccc2c1CCC2N=C(N)N. The second-order valence-corrected chi connectivity index (χ2v) is 4.29. The summed E-state index contributed by atoms with van der Waals surface area (Å²) >= 11 is 0. The van der Waals surface area contributed by atoms with Gasteiger partial charge in [0.25, 0.3) is 0 Å². The molecule has 90 valence electrons. The Morgan fingerprint density at radius 1 is 1.35 bits per heavy atom. The van der Waals surface area contributed by atoms with Gasteiger partial charge in [0.15, 0.2) is 5.96 Å². The fourth-order valence-corrected chi connectivity index (χ4v) is 2.41. The number of aliphatic imine (C=N–C) groups is 2. The summed E-state index contributed by atoms with van der Waals surface area (Å²) in [6.45, 7) is 2.03. The van der Waals surface area contributed by atoms with Crippen LogP contribution in [-0.4, -0.2) is 18.7 Å². The van der Waals surface area contributed by atoms with Crippen molar-refractivity contribution in [1.29, 1.82) is 0 Å². The highest BCUT2D eigenvalue weighted by Gasteiger charge is 2.24. The van der Waals surface area contributed by atoms with Gasteiger partial charge in [0, 0.05) is 12.8 Å². The molecule has 1 unspecified atom stereocenters. The summed E-state index contributed by atoms with van der Waals surface area (Å²) in [4.78, 5) is 8.53. The van der Waals surface area contributed by atoms with E-state index in [0.717, 1.165) is 18.6 Å². The highest BCUT2D eigenvalue weighted by atomic mass is 15.0. The van der Waals surface area contributed by atoms with E-state index in [9.17, 15) is 0 Å². The lowest BCUT2D eigenvalue weighted by atomic mass is 9.99. The molecule has 17 heavy (non-hydrogen) atoms. The molecule has 0 radical (unpaired) electrons. The minimum absolute atomic E-state index is 0.111. The van der Waals surface area contributed by atoms with E-state index in [0.29, 0.717) is 0 Å². The first-order valence-electron chi connectivity index (χ1n) is 5.77. The van der Waals surface area contributed by atoms with Gasteiger partial charge in [-0.2, -0.15) is 0 Å². The lowest BCUT2D eigenvalue weighted by Gasteiger charge is -2.09. The average Bonchev–Trinajstić information content (AvgIpc) is 2.71. The molecular weight excluding hydrogens is 212 g/mol. The van der Waals surface area contributed by atoms with Gasteiger partial charge in [-0.1, -0.05) is 18.2 Å². The van der Waals surface area contributed by atoms with Gasteiger partial charge in [0.2, 0.25) is 0 Å². The number of guanidine groups is 1. The molecule has 0 amide bonds. The molecule has 0 aliphatic heterocycles. The fraction of sp³-hybridized carbons (Fsp3) is 0.385. The van der Waals surface area contributed by atoms with Crippen LogP contribution in [0.25, 0.3) is 0 Å². The second-order valence-electron chi connectivity index (χ2n) is 4.29. The van der Waals surface area contributed by atoms with E-state index in [4.69, 9.17) is 11.5 Å². The molecule has 1 aromatic carbocycles. The topological polar surface area (TPSA) is 76.8 Å². The summed E-state index contributed by atoms with van der Waals surface area (Å²) in [5, 5.41) is 0. The number of benzene rings is 1. The van der Waals surface area contributed by atoms with Crippen LogP contribution in [0.5, 0.6) is 0 Å². The van der Waals surface area contributed by atoms with Gasteiger partial charge < -0.3 is 11.5 Å². The normalized spacial score (nSPS) is 18.9. The van der Waals surface area contributed by atoms with Crippen molar-refractivity contribution in [1.82, 2.24) is 0 Å². The lowest BCUT2D eigenvalue weighted by molar-refractivity contribution is 0.713. The van der Waals surface area contributed by atoms with E-state index >= 15 is 0 Å². The summed E-state index contributed by atoms with van der Waals surface area (Å²) < 4.78 is 0. The zero-order chi connectivity index (χ0) is 12.4. The third kappa shape index (κ3) is 2.16. The van der Waals surface area contributed by atoms with Crippen molar-refractivity contribution < 1.29 is 0 Å². The van der Waals surface area contributed by atoms with Crippen molar-refractivity contribution in [3.05, 3.63) is 34.9 Å². The van der Waals surface area contributed by atoms with Crippen LogP contribution in [0.2, 0.25) is 0 Å². The minimum atomic E-state index is 0.111. The Kier molecular flexibility index (Phi) is 3.13. The van der Waals surface area contributed by atoms with E-state index in [1.807, 2.05) is 20.0 Å². The third-order valence-corrected chi connectivity index (χ3v) is 3.27. The maximum absolute atomic E-state index is 5.46. The summed E-state index contributed by atoms with van der Waals surface area (Å²) in [5.41, 5.74) is 15.8. The Morgan fingerprint density at radius 2 is 2.12 bits per heavy atom. The van der Waals surface area contributed by atoms with Crippen LogP contribution in [0, 0.1) is 0 Å². The summed E-state index contributed by atoms with van der Waals surface area (Å²) in [6.07, 6.45) is 1.99. The molecule has 0 fully saturated rings. The first-order valence-corrected chi connectivity index (χ1v) is 5.77. The van der Waals surface area contributed by atoms with Crippen molar-refractivity contribution in [2.45, 2.75) is 25.8 Å². The van der Waals surface area contributed by atoms with Gasteiger partial charge in [-0.25, -0.2) is 4.99 Å². The second kappa shape index (κ2) is 4.57. The van der Waals surface area contributed by atoms with Crippen LogP contribution in [0.15, 0.2) is 28.2 Å². The number of hydrogen-bond donors (Lipinski definition) is 2. The highest BCUT2D eigenvalue weighted by molar-refractivity contribution is 6.00. The molecule has 0 heterocycles. The Hall–Kier alpha value is -1.84. The molecule has 1 aliphatic carbocycles. The molecule has 2 rings (SSSR count). The number of hydrogen-bond acceptors (Lipinski definition) is 2. The van der Waals surface area contributed by atoms with E-state index in [2.05, 4.69) is 22.1 Å². The van der Waals surface area contributed by atoms with Crippen molar-refractivity contribution in [3.8, 4) is 0 Å². The average molecular weight is 230 g/mol. The van der Waals surface area contributed by atoms with Crippen molar-refractivity contribution in [2.75, 3.05) is 7.05 Å². The van der Waals surface area contributed by atoms with Gasteiger partial charge in [0.05, 0.1) is 6.04 Å². The summed E-state index contributed by atoms with van der Waals surface area (Å²) in [6, 6.07) is 6.37. The quantitative estimate of drug-likeness (QED) is 0.595. The largest absolute Gasteiger partial charge is 0.370 e. The molecule has 4 heteroatoms. The van der Waals surface area contributed by atoms with Gasteiger partial charge in [-0.05, 0) is 36.5 Å². The molecule has 0 saturated heterocycles. The predicted molar refractivity (Wildman–Crippen MR) is 71.4 cm³/mol. The number of rotatable bonds is 2. The van der Waals surface area contributed by atoms with Crippen molar-refractivity contribution in [3.63, 3.8) is 0 Å². The first-order chi connectivity index (χ1) is 8.13. The molecule has 0 bridgehead atoms. The Bertz CT molecular complexity index is 484. The van der Waals surface area contributed by atoms with Gasteiger partial charge in [-0.15, -0.1) is 0 Å². The molecule has 1 aliphatic rings. The number of nitrogens with zero attached hydrogens (tertiary/aromatic N) is 2. The predicted octanol–water partition coefficient (Wildman–Crippen LogP) is 1.39. The van der Waals surface area contributed by atoms with Crippen LogP contribution in [0.1, 0.15) is 36.1 Å². The van der Waals surface area contributed by atoms with Crippen LogP contribution in [0.3, 0.4) is 0 Å². The van der Waals surface area contributed by atoms with Crippen molar-refractivity contribution in [2.24, 2.45) is 21.5 Å². The first kappa shape index (κ1) is 11.6. The van der Waals surface area contributed by atoms with Crippen LogP contribution in [-0.2, 0) is 6.42 Å². The van der Waals surface area contributed by atoms with E-state index in [-0.39, 0.29) is 12.0 Å². The highest BCUT2D eigenvalue weighted by Crippen LogP contribution is 2.36. The van der Waals surface area contributed by atoms with Crippen molar-refractivity contribution >= 4 is 11.7 Å². The van der Waals surface area contributed by atoms with E-state index in [1.54, 1.807) is 0 Å². The molecule has 1 atom stereocenters. The molecule has 4 N–H and O–H groups in total. The maximum Gasteiger partial charge on any atom is 0.186 e. The molecule has 0 aromatic heterocycles. The van der Waals surface area contributed by atoms with Crippen LogP contribution in [0.4, 0.5) is 0 Å². The van der Waals surface area contributed by atoms with Gasteiger partial charge in [-0.3, -0.25) is 4.99 Å². The maximum atomic E-state index is 5.46. The summed E-state index contributed by atoms with van der Waals surface area (Å²) in [5.74, 6) is 0.161.